The van der Waals surface area contributed by atoms with Crippen molar-refractivity contribution in [2.24, 2.45) is 0 Å². The third-order valence-corrected chi connectivity index (χ3v) is 4.02. The van der Waals surface area contributed by atoms with Crippen LogP contribution in [0.25, 0.3) is 5.69 Å². The minimum absolute atomic E-state index is 0.755. The first kappa shape index (κ1) is 15.1. The summed E-state index contributed by atoms with van der Waals surface area (Å²) in [7, 11) is 0. The molecule has 1 heterocycles. The number of hydrogen-bond acceptors (Lipinski definition) is 2. The Kier molecular flexibility index (Phi) is 4.84. The van der Waals surface area contributed by atoms with E-state index in [0.717, 1.165) is 41.5 Å². The van der Waals surface area contributed by atoms with Crippen LogP contribution in [-0.4, -0.2) is 16.3 Å². The van der Waals surface area contributed by atoms with E-state index < -0.39 is 0 Å². The lowest BCUT2D eigenvalue weighted by molar-refractivity contribution is 0.713. The fourth-order valence-electron chi connectivity index (χ4n) is 2.59. The topological polar surface area (TPSA) is 29.9 Å². The maximum atomic E-state index is 6.37. The first-order chi connectivity index (χ1) is 9.60. The Morgan fingerprint density at radius 2 is 1.95 bits per heavy atom. The van der Waals surface area contributed by atoms with E-state index in [4.69, 9.17) is 16.7 Å². The van der Waals surface area contributed by atoms with Gasteiger partial charge in [0.05, 0.1) is 11.4 Å². The summed E-state index contributed by atoms with van der Waals surface area (Å²) in [6, 6.07) is 6.00. The van der Waals surface area contributed by atoms with Crippen molar-refractivity contribution < 1.29 is 0 Å². The van der Waals surface area contributed by atoms with Gasteiger partial charge in [0.25, 0.3) is 0 Å². The summed E-state index contributed by atoms with van der Waals surface area (Å²) in [6.07, 6.45) is 1.00. The zero-order valence-electron chi connectivity index (χ0n) is 12.6. The molecule has 108 valence electrons. The lowest BCUT2D eigenvalue weighted by Crippen LogP contribution is -2.15. The molecule has 2 rings (SSSR count). The van der Waals surface area contributed by atoms with E-state index in [-0.39, 0.29) is 0 Å². The lowest BCUT2D eigenvalue weighted by atomic mass is 10.1. The van der Waals surface area contributed by atoms with Gasteiger partial charge in [-0.2, -0.15) is 5.10 Å². The van der Waals surface area contributed by atoms with Crippen molar-refractivity contribution in [3.8, 4) is 5.69 Å². The SMILES string of the molecule is CCNCc1c(Cl)cccc1-n1nc(C)c(CC)c1C. The van der Waals surface area contributed by atoms with Crippen LogP contribution < -0.4 is 5.32 Å². The first-order valence-electron chi connectivity index (χ1n) is 7.13. The summed E-state index contributed by atoms with van der Waals surface area (Å²) >= 11 is 6.37. The molecule has 1 aromatic heterocycles. The van der Waals surface area contributed by atoms with E-state index in [9.17, 15) is 0 Å². The average molecular weight is 292 g/mol. The number of benzene rings is 1. The molecule has 0 radical (unpaired) electrons. The highest BCUT2D eigenvalue weighted by molar-refractivity contribution is 6.31. The van der Waals surface area contributed by atoms with Gasteiger partial charge in [-0.25, -0.2) is 4.68 Å². The van der Waals surface area contributed by atoms with Crippen molar-refractivity contribution >= 4 is 11.6 Å². The highest BCUT2D eigenvalue weighted by Crippen LogP contribution is 2.26. The second-order valence-electron chi connectivity index (χ2n) is 4.93. The van der Waals surface area contributed by atoms with Crippen molar-refractivity contribution in [2.45, 2.75) is 40.7 Å². The molecule has 3 nitrogen and oxygen atoms in total. The fourth-order valence-corrected chi connectivity index (χ4v) is 2.83. The molecule has 0 saturated heterocycles. The van der Waals surface area contributed by atoms with Gasteiger partial charge < -0.3 is 5.32 Å². The zero-order chi connectivity index (χ0) is 14.7. The number of aryl methyl sites for hydroxylation is 1. The molecule has 0 unspecified atom stereocenters. The monoisotopic (exact) mass is 291 g/mol. The Morgan fingerprint density at radius 1 is 1.20 bits per heavy atom. The molecule has 0 aliphatic carbocycles. The third kappa shape index (κ3) is 2.74. The molecule has 4 heteroatoms. The van der Waals surface area contributed by atoms with Crippen LogP contribution in [0.4, 0.5) is 0 Å². The number of nitrogens with zero attached hydrogens (tertiary/aromatic N) is 2. The van der Waals surface area contributed by atoms with Gasteiger partial charge in [-0.1, -0.05) is 31.5 Å². The quantitative estimate of drug-likeness (QED) is 0.908. The van der Waals surface area contributed by atoms with Gasteiger partial charge in [-0.3, -0.25) is 0 Å². The van der Waals surface area contributed by atoms with Crippen LogP contribution in [-0.2, 0) is 13.0 Å². The van der Waals surface area contributed by atoms with Gasteiger partial charge in [0, 0.05) is 22.8 Å². The van der Waals surface area contributed by atoms with E-state index in [1.54, 1.807) is 0 Å². The Morgan fingerprint density at radius 3 is 2.55 bits per heavy atom. The minimum Gasteiger partial charge on any atom is -0.313 e. The Bertz CT molecular complexity index is 602. The van der Waals surface area contributed by atoms with Crippen LogP contribution in [0, 0.1) is 13.8 Å². The average Bonchev–Trinajstić information content (AvgIpc) is 2.72. The molecule has 0 bridgehead atoms. The summed E-state index contributed by atoms with van der Waals surface area (Å²) in [5.41, 5.74) is 5.78. The summed E-state index contributed by atoms with van der Waals surface area (Å²) in [4.78, 5) is 0. The number of halogens is 1. The summed E-state index contributed by atoms with van der Waals surface area (Å²) in [6.45, 7) is 10.1. The van der Waals surface area contributed by atoms with E-state index in [2.05, 4.69) is 39.1 Å². The van der Waals surface area contributed by atoms with Crippen molar-refractivity contribution in [1.82, 2.24) is 15.1 Å². The second kappa shape index (κ2) is 6.42. The van der Waals surface area contributed by atoms with Crippen molar-refractivity contribution in [3.05, 3.63) is 45.7 Å². The molecular formula is C16H22ClN3. The molecule has 2 aromatic rings. The molecule has 0 atom stereocenters. The molecule has 0 spiro atoms. The van der Waals surface area contributed by atoms with Gasteiger partial charge in [0.2, 0.25) is 0 Å². The number of rotatable bonds is 5. The van der Waals surface area contributed by atoms with Gasteiger partial charge in [0.15, 0.2) is 0 Å². The van der Waals surface area contributed by atoms with Gasteiger partial charge in [-0.15, -0.1) is 0 Å². The predicted octanol–water partition coefficient (Wildman–Crippen LogP) is 3.81. The maximum Gasteiger partial charge on any atom is 0.0708 e. The fraction of sp³-hybridized carbons (Fsp3) is 0.438. The van der Waals surface area contributed by atoms with Crippen LogP contribution >= 0.6 is 11.6 Å². The smallest absolute Gasteiger partial charge is 0.0708 e. The van der Waals surface area contributed by atoms with Gasteiger partial charge in [0.1, 0.15) is 0 Å². The van der Waals surface area contributed by atoms with Gasteiger partial charge in [-0.05, 0) is 44.5 Å². The Balaban J connectivity index is 2.55. The van der Waals surface area contributed by atoms with Crippen molar-refractivity contribution in [2.75, 3.05) is 6.54 Å². The van der Waals surface area contributed by atoms with Crippen LogP contribution in [0.5, 0.6) is 0 Å². The van der Waals surface area contributed by atoms with Gasteiger partial charge >= 0.3 is 0 Å². The molecule has 0 amide bonds. The minimum atomic E-state index is 0.755. The molecule has 1 aromatic carbocycles. The van der Waals surface area contributed by atoms with E-state index in [1.165, 1.54) is 11.3 Å². The number of nitrogens with one attached hydrogen (secondary N) is 1. The van der Waals surface area contributed by atoms with Crippen LogP contribution in [0.15, 0.2) is 18.2 Å². The maximum absolute atomic E-state index is 6.37. The highest BCUT2D eigenvalue weighted by Gasteiger charge is 2.15. The molecule has 0 aliphatic rings. The molecular weight excluding hydrogens is 270 g/mol. The molecule has 20 heavy (non-hydrogen) atoms. The summed E-state index contributed by atoms with van der Waals surface area (Å²) in [5, 5.41) is 8.82. The van der Waals surface area contributed by atoms with E-state index in [0.29, 0.717) is 0 Å². The van der Waals surface area contributed by atoms with E-state index in [1.807, 2.05) is 16.8 Å². The second-order valence-corrected chi connectivity index (χ2v) is 5.34. The molecule has 0 aliphatic heterocycles. The Hall–Kier alpha value is -1.32. The van der Waals surface area contributed by atoms with Crippen LogP contribution in [0.1, 0.15) is 36.4 Å². The standard InChI is InChI=1S/C16H22ClN3/c1-5-13-11(3)19-20(12(13)4)16-9-7-8-15(17)14(16)10-18-6-2/h7-9,18H,5-6,10H2,1-4H3. The molecule has 0 saturated carbocycles. The first-order valence-corrected chi connectivity index (χ1v) is 7.51. The van der Waals surface area contributed by atoms with Crippen molar-refractivity contribution in [1.29, 1.82) is 0 Å². The normalized spacial score (nSPS) is 11.1. The third-order valence-electron chi connectivity index (χ3n) is 3.67. The van der Waals surface area contributed by atoms with Crippen LogP contribution in [0.2, 0.25) is 5.02 Å². The van der Waals surface area contributed by atoms with E-state index >= 15 is 0 Å². The summed E-state index contributed by atoms with van der Waals surface area (Å²) in [5.74, 6) is 0. The van der Waals surface area contributed by atoms with Crippen LogP contribution in [0.3, 0.4) is 0 Å². The lowest BCUT2D eigenvalue weighted by Gasteiger charge is -2.13. The zero-order valence-corrected chi connectivity index (χ0v) is 13.4. The highest BCUT2D eigenvalue weighted by atomic mass is 35.5. The predicted molar refractivity (Wildman–Crippen MR) is 84.8 cm³/mol. The largest absolute Gasteiger partial charge is 0.313 e. The number of aromatic nitrogens is 2. The molecule has 0 fully saturated rings. The summed E-state index contributed by atoms with van der Waals surface area (Å²) < 4.78 is 2.02. The Labute approximate surface area is 126 Å². The molecule has 1 N–H and O–H groups in total. The van der Waals surface area contributed by atoms with Crippen molar-refractivity contribution in [3.63, 3.8) is 0 Å². The number of hydrogen-bond donors (Lipinski definition) is 1.